The van der Waals surface area contributed by atoms with Crippen molar-refractivity contribution >= 4 is 11.6 Å². The van der Waals surface area contributed by atoms with Crippen molar-refractivity contribution in [2.45, 2.75) is 13.5 Å². The molecule has 0 N–H and O–H groups in total. The number of nitrogens with zero attached hydrogens (tertiary/aromatic N) is 2. The van der Waals surface area contributed by atoms with E-state index in [0.717, 1.165) is 22.5 Å². The van der Waals surface area contributed by atoms with E-state index >= 15 is 0 Å². The van der Waals surface area contributed by atoms with Gasteiger partial charge in [-0.2, -0.15) is 0 Å². The fourth-order valence-electron chi connectivity index (χ4n) is 2.18. The van der Waals surface area contributed by atoms with Crippen LogP contribution in [0, 0.1) is 6.92 Å². The fraction of sp³-hybridized carbons (Fsp3) is 0.176. The number of carbonyl (C=O) groups is 1. The maximum absolute atomic E-state index is 12.2. The lowest BCUT2D eigenvalue weighted by Gasteiger charge is -2.06. The molecule has 2 heterocycles. The van der Waals surface area contributed by atoms with Gasteiger partial charge in [-0.25, -0.2) is 9.78 Å². The molecule has 0 bridgehead atoms. The summed E-state index contributed by atoms with van der Waals surface area (Å²) in [5, 5.41) is 0. The van der Waals surface area contributed by atoms with Crippen LogP contribution in [-0.2, 0) is 11.3 Å². The second-order valence-corrected chi connectivity index (χ2v) is 5.00. The summed E-state index contributed by atoms with van der Waals surface area (Å²) in [6, 6.07) is 11.2. The number of aromatic nitrogens is 2. The van der Waals surface area contributed by atoms with Crippen LogP contribution >= 0.6 is 0 Å². The lowest BCUT2D eigenvalue weighted by Crippen LogP contribution is -2.08. The molecule has 3 rings (SSSR count). The van der Waals surface area contributed by atoms with Gasteiger partial charge in [-0.3, -0.25) is 4.40 Å². The Labute approximate surface area is 128 Å². The molecule has 0 saturated heterocycles. The molecule has 0 atom stereocenters. The topological polar surface area (TPSA) is 52.8 Å². The average Bonchev–Trinajstić information content (AvgIpc) is 2.96. The molecule has 0 spiro atoms. The van der Waals surface area contributed by atoms with Gasteiger partial charge in [0.15, 0.2) is 5.69 Å². The van der Waals surface area contributed by atoms with E-state index in [2.05, 4.69) is 4.98 Å². The van der Waals surface area contributed by atoms with Crippen LogP contribution in [-0.4, -0.2) is 22.5 Å². The van der Waals surface area contributed by atoms with Gasteiger partial charge in [0.1, 0.15) is 18.0 Å². The van der Waals surface area contributed by atoms with E-state index in [4.69, 9.17) is 9.47 Å². The van der Waals surface area contributed by atoms with E-state index in [1.807, 2.05) is 49.5 Å². The molecule has 0 unspecified atom stereocenters. The zero-order chi connectivity index (χ0) is 15.5. The molecule has 0 amide bonds. The number of aryl methyl sites for hydroxylation is 1. The van der Waals surface area contributed by atoms with Gasteiger partial charge in [-0.1, -0.05) is 12.1 Å². The molecule has 0 aliphatic heterocycles. The minimum absolute atomic E-state index is 0.210. The van der Waals surface area contributed by atoms with Crippen LogP contribution in [0.15, 0.2) is 48.8 Å². The number of fused-ring (bicyclic) bond motifs is 1. The van der Waals surface area contributed by atoms with Crippen molar-refractivity contribution in [3.05, 3.63) is 65.6 Å². The van der Waals surface area contributed by atoms with Crippen molar-refractivity contribution in [1.29, 1.82) is 0 Å². The van der Waals surface area contributed by atoms with E-state index in [1.54, 1.807) is 11.5 Å². The highest BCUT2D eigenvalue weighted by molar-refractivity contribution is 5.88. The van der Waals surface area contributed by atoms with E-state index in [-0.39, 0.29) is 6.61 Å². The molecular formula is C17H16N2O3. The highest BCUT2D eigenvalue weighted by Crippen LogP contribution is 2.14. The summed E-state index contributed by atoms with van der Waals surface area (Å²) in [7, 11) is 1.61. The van der Waals surface area contributed by atoms with Crippen molar-refractivity contribution in [2.75, 3.05) is 7.11 Å². The second kappa shape index (κ2) is 5.89. The molecule has 5 heteroatoms. The summed E-state index contributed by atoms with van der Waals surface area (Å²) < 4.78 is 12.2. The summed E-state index contributed by atoms with van der Waals surface area (Å²) in [5.74, 6) is 0.374. The van der Waals surface area contributed by atoms with Crippen molar-refractivity contribution in [1.82, 2.24) is 9.38 Å². The number of imidazole rings is 1. The first-order valence-corrected chi connectivity index (χ1v) is 6.91. The van der Waals surface area contributed by atoms with Crippen LogP contribution < -0.4 is 4.74 Å². The summed E-state index contributed by atoms with van der Waals surface area (Å²) in [6.07, 6.45) is 3.35. The van der Waals surface area contributed by atoms with Gasteiger partial charge >= 0.3 is 5.97 Å². The third kappa shape index (κ3) is 2.79. The van der Waals surface area contributed by atoms with Gasteiger partial charge in [0, 0.05) is 6.20 Å². The number of ether oxygens (including phenoxy) is 2. The fourth-order valence-corrected chi connectivity index (χ4v) is 2.18. The summed E-state index contributed by atoms with van der Waals surface area (Å²) in [6.45, 7) is 2.19. The standard InChI is InChI=1S/C17H16N2O3/c1-12-7-8-19-15(10-18-16(19)9-12)17(20)22-11-13-3-5-14(21-2)6-4-13/h3-10H,11H2,1-2H3. The van der Waals surface area contributed by atoms with Crippen LogP contribution in [0.2, 0.25) is 0 Å². The number of hydrogen-bond donors (Lipinski definition) is 0. The second-order valence-electron chi connectivity index (χ2n) is 5.00. The number of benzene rings is 1. The maximum atomic E-state index is 12.2. The van der Waals surface area contributed by atoms with Crippen molar-refractivity contribution in [3.8, 4) is 5.75 Å². The lowest BCUT2D eigenvalue weighted by atomic mass is 10.2. The third-order valence-corrected chi connectivity index (χ3v) is 3.41. The molecule has 0 aliphatic rings. The minimum atomic E-state index is -0.396. The largest absolute Gasteiger partial charge is 0.497 e. The zero-order valence-corrected chi connectivity index (χ0v) is 12.4. The van der Waals surface area contributed by atoms with Crippen molar-refractivity contribution < 1.29 is 14.3 Å². The molecule has 0 radical (unpaired) electrons. The molecule has 3 aromatic rings. The van der Waals surface area contributed by atoms with Gasteiger partial charge in [0.2, 0.25) is 0 Å². The van der Waals surface area contributed by atoms with Gasteiger partial charge in [-0.15, -0.1) is 0 Å². The van der Waals surface area contributed by atoms with E-state index in [9.17, 15) is 4.79 Å². The predicted octanol–water partition coefficient (Wildman–Crippen LogP) is 3.01. The Morgan fingerprint density at radius 1 is 1.23 bits per heavy atom. The highest BCUT2D eigenvalue weighted by Gasteiger charge is 2.13. The number of methoxy groups -OCH3 is 1. The SMILES string of the molecule is COc1ccc(COC(=O)c2cnc3cc(C)ccn23)cc1. The van der Waals surface area contributed by atoms with Crippen molar-refractivity contribution in [3.63, 3.8) is 0 Å². The van der Waals surface area contributed by atoms with Crippen LogP contribution in [0.4, 0.5) is 0 Å². The lowest BCUT2D eigenvalue weighted by molar-refractivity contribution is 0.0464. The number of rotatable bonds is 4. The Bertz CT molecular complexity index is 806. The third-order valence-electron chi connectivity index (χ3n) is 3.41. The molecule has 1 aromatic carbocycles. The van der Waals surface area contributed by atoms with Gasteiger partial charge < -0.3 is 9.47 Å². The molecule has 0 aliphatic carbocycles. The van der Waals surface area contributed by atoms with Crippen molar-refractivity contribution in [2.24, 2.45) is 0 Å². The summed E-state index contributed by atoms with van der Waals surface area (Å²) in [4.78, 5) is 16.4. The molecule has 0 fully saturated rings. The molecule has 0 saturated carbocycles. The molecular weight excluding hydrogens is 280 g/mol. The molecule has 5 nitrogen and oxygen atoms in total. The molecule has 2 aromatic heterocycles. The van der Waals surface area contributed by atoms with Crippen LogP contribution in [0.25, 0.3) is 5.65 Å². The van der Waals surface area contributed by atoms with E-state index in [0.29, 0.717) is 5.69 Å². The molecule has 22 heavy (non-hydrogen) atoms. The number of carbonyl (C=O) groups excluding carboxylic acids is 1. The smallest absolute Gasteiger partial charge is 0.357 e. The Hall–Kier alpha value is -2.82. The Kier molecular flexibility index (Phi) is 3.78. The number of hydrogen-bond acceptors (Lipinski definition) is 4. The Morgan fingerprint density at radius 3 is 2.73 bits per heavy atom. The number of esters is 1. The van der Waals surface area contributed by atoms with Gasteiger partial charge in [0.05, 0.1) is 13.3 Å². The summed E-state index contributed by atoms with van der Waals surface area (Å²) in [5.41, 5.74) is 3.15. The predicted molar refractivity (Wildman–Crippen MR) is 82.0 cm³/mol. The first-order valence-electron chi connectivity index (χ1n) is 6.91. The van der Waals surface area contributed by atoms with E-state index in [1.165, 1.54) is 6.20 Å². The monoisotopic (exact) mass is 296 g/mol. The maximum Gasteiger partial charge on any atom is 0.357 e. The Balaban J connectivity index is 1.72. The van der Waals surface area contributed by atoms with Gasteiger partial charge in [-0.05, 0) is 42.3 Å². The Morgan fingerprint density at radius 2 is 2.00 bits per heavy atom. The van der Waals surface area contributed by atoms with Crippen LogP contribution in [0.1, 0.15) is 21.6 Å². The average molecular weight is 296 g/mol. The normalized spacial score (nSPS) is 10.6. The first kappa shape index (κ1) is 14.1. The minimum Gasteiger partial charge on any atom is -0.497 e. The first-order chi connectivity index (χ1) is 10.7. The molecule has 112 valence electrons. The van der Waals surface area contributed by atoms with Crippen LogP contribution in [0.3, 0.4) is 0 Å². The number of pyridine rings is 1. The van der Waals surface area contributed by atoms with Gasteiger partial charge in [0.25, 0.3) is 0 Å². The quantitative estimate of drug-likeness (QED) is 0.694. The zero-order valence-electron chi connectivity index (χ0n) is 12.4. The summed E-state index contributed by atoms with van der Waals surface area (Å²) >= 11 is 0. The highest BCUT2D eigenvalue weighted by atomic mass is 16.5. The van der Waals surface area contributed by atoms with E-state index < -0.39 is 5.97 Å². The van der Waals surface area contributed by atoms with Crippen LogP contribution in [0.5, 0.6) is 5.75 Å².